The number of hydrogen-bond acceptors (Lipinski definition) is 3. The molecule has 0 aliphatic carbocycles. The molecule has 4 heteroatoms. The number of amides is 1. The van der Waals surface area contributed by atoms with Crippen LogP contribution in [0, 0.1) is 0 Å². The van der Waals surface area contributed by atoms with Crippen LogP contribution in [0.1, 0.15) is 24.8 Å². The SMILES string of the molecule is CNc1nc2ccccc2cc1CN1CCCCC1=O. The fraction of sp³-hybridized carbons (Fsp3) is 0.375. The van der Waals surface area contributed by atoms with Gasteiger partial charge in [0.05, 0.1) is 5.52 Å². The average molecular weight is 269 g/mol. The van der Waals surface area contributed by atoms with Gasteiger partial charge in [-0.15, -0.1) is 0 Å². The van der Waals surface area contributed by atoms with Crippen molar-refractivity contribution in [2.24, 2.45) is 0 Å². The molecule has 2 heterocycles. The Morgan fingerprint density at radius 3 is 2.95 bits per heavy atom. The van der Waals surface area contributed by atoms with E-state index < -0.39 is 0 Å². The zero-order valence-electron chi connectivity index (χ0n) is 11.7. The van der Waals surface area contributed by atoms with Gasteiger partial charge in [0.25, 0.3) is 0 Å². The molecular formula is C16H19N3O. The van der Waals surface area contributed by atoms with Gasteiger partial charge in [-0.2, -0.15) is 0 Å². The van der Waals surface area contributed by atoms with Gasteiger partial charge < -0.3 is 10.2 Å². The van der Waals surface area contributed by atoms with Crippen molar-refractivity contribution in [2.45, 2.75) is 25.8 Å². The minimum atomic E-state index is 0.256. The lowest BCUT2D eigenvalue weighted by Gasteiger charge is -2.27. The monoisotopic (exact) mass is 269 g/mol. The van der Waals surface area contributed by atoms with E-state index in [1.807, 2.05) is 30.1 Å². The number of carbonyl (C=O) groups excluding carboxylic acids is 1. The number of fused-ring (bicyclic) bond motifs is 1. The van der Waals surface area contributed by atoms with E-state index in [0.29, 0.717) is 13.0 Å². The number of anilines is 1. The molecule has 4 nitrogen and oxygen atoms in total. The lowest BCUT2D eigenvalue weighted by molar-refractivity contribution is -0.133. The molecule has 3 rings (SSSR count). The summed E-state index contributed by atoms with van der Waals surface area (Å²) < 4.78 is 0. The van der Waals surface area contributed by atoms with Crippen LogP contribution < -0.4 is 5.32 Å². The summed E-state index contributed by atoms with van der Waals surface area (Å²) in [4.78, 5) is 18.5. The molecule has 1 aliphatic rings. The number of likely N-dealkylation sites (tertiary alicyclic amines) is 1. The molecule has 1 amide bonds. The van der Waals surface area contributed by atoms with E-state index in [4.69, 9.17) is 0 Å². The largest absolute Gasteiger partial charge is 0.373 e. The summed E-state index contributed by atoms with van der Waals surface area (Å²) in [5.41, 5.74) is 2.06. The summed E-state index contributed by atoms with van der Waals surface area (Å²) in [7, 11) is 1.87. The fourth-order valence-corrected chi connectivity index (χ4v) is 2.73. The Hall–Kier alpha value is -2.10. The van der Waals surface area contributed by atoms with E-state index >= 15 is 0 Å². The predicted molar refractivity (Wildman–Crippen MR) is 80.6 cm³/mol. The topological polar surface area (TPSA) is 45.2 Å². The van der Waals surface area contributed by atoms with Crippen molar-refractivity contribution in [2.75, 3.05) is 18.9 Å². The second-order valence-electron chi connectivity index (χ2n) is 5.21. The molecule has 0 saturated carbocycles. The lowest BCUT2D eigenvalue weighted by Crippen LogP contribution is -2.34. The number of nitrogens with zero attached hydrogens (tertiary/aromatic N) is 2. The Balaban J connectivity index is 1.94. The second-order valence-corrected chi connectivity index (χ2v) is 5.21. The van der Waals surface area contributed by atoms with E-state index in [-0.39, 0.29) is 5.91 Å². The molecule has 104 valence electrons. The minimum Gasteiger partial charge on any atom is -0.373 e. The van der Waals surface area contributed by atoms with Crippen molar-refractivity contribution < 1.29 is 4.79 Å². The first-order valence-electron chi connectivity index (χ1n) is 7.12. The third-order valence-electron chi connectivity index (χ3n) is 3.82. The second kappa shape index (κ2) is 5.49. The van der Waals surface area contributed by atoms with Crippen LogP contribution in [0.2, 0.25) is 0 Å². The van der Waals surface area contributed by atoms with E-state index in [2.05, 4.69) is 22.4 Å². The molecule has 1 fully saturated rings. The quantitative estimate of drug-likeness (QED) is 0.932. The first kappa shape index (κ1) is 12.9. The molecular weight excluding hydrogens is 250 g/mol. The predicted octanol–water partition coefficient (Wildman–Crippen LogP) is 2.79. The highest BCUT2D eigenvalue weighted by Crippen LogP contribution is 2.23. The highest BCUT2D eigenvalue weighted by atomic mass is 16.2. The standard InChI is InChI=1S/C16H19N3O/c1-17-16-13(11-19-9-5-4-8-15(19)20)10-12-6-2-3-7-14(12)18-16/h2-3,6-7,10H,4-5,8-9,11H2,1H3,(H,17,18). The van der Waals surface area contributed by atoms with Gasteiger partial charge in [-0.05, 0) is 25.0 Å². The number of nitrogens with one attached hydrogen (secondary N) is 1. The molecule has 1 aromatic heterocycles. The summed E-state index contributed by atoms with van der Waals surface area (Å²) >= 11 is 0. The Bertz CT molecular complexity index is 639. The van der Waals surface area contributed by atoms with Crippen LogP contribution in [0.3, 0.4) is 0 Å². The van der Waals surface area contributed by atoms with Crippen LogP contribution in [0.4, 0.5) is 5.82 Å². The van der Waals surface area contributed by atoms with E-state index in [1.165, 1.54) is 0 Å². The number of carbonyl (C=O) groups is 1. The first-order valence-corrected chi connectivity index (χ1v) is 7.12. The maximum absolute atomic E-state index is 11.9. The van der Waals surface area contributed by atoms with Crippen LogP contribution in [-0.4, -0.2) is 29.4 Å². The Kier molecular flexibility index (Phi) is 3.54. The molecule has 0 unspecified atom stereocenters. The molecule has 20 heavy (non-hydrogen) atoms. The van der Waals surface area contributed by atoms with Gasteiger partial charge in [0.1, 0.15) is 5.82 Å². The van der Waals surface area contributed by atoms with Crippen molar-refractivity contribution in [3.8, 4) is 0 Å². The smallest absolute Gasteiger partial charge is 0.222 e. The third-order valence-corrected chi connectivity index (χ3v) is 3.82. The van der Waals surface area contributed by atoms with Crippen LogP contribution in [0.25, 0.3) is 10.9 Å². The van der Waals surface area contributed by atoms with Crippen molar-refractivity contribution in [3.05, 3.63) is 35.9 Å². The molecule has 2 aromatic rings. The minimum absolute atomic E-state index is 0.256. The van der Waals surface area contributed by atoms with E-state index in [9.17, 15) is 4.79 Å². The fourth-order valence-electron chi connectivity index (χ4n) is 2.73. The molecule has 1 N–H and O–H groups in total. The van der Waals surface area contributed by atoms with Crippen LogP contribution in [0.15, 0.2) is 30.3 Å². The summed E-state index contributed by atoms with van der Waals surface area (Å²) in [6.45, 7) is 1.50. The number of piperidine rings is 1. The maximum Gasteiger partial charge on any atom is 0.222 e. The molecule has 0 radical (unpaired) electrons. The Labute approximate surface area is 118 Å². The number of hydrogen-bond donors (Lipinski definition) is 1. The van der Waals surface area contributed by atoms with E-state index in [1.54, 1.807) is 0 Å². The zero-order chi connectivity index (χ0) is 13.9. The summed E-state index contributed by atoms with van der Waals surface area (Å²) in [6, 6.07) is 10.2. The highest BCUT2D eigenvalue weighted by Gasteiger charge is 2.19. The number of para-hydroxylation sites is 1. The number of rotatable bonds is 3. The zero-order valence-corrected chi connectivity index (χ0v) is 11.7. The maximum atomic E-state index is 11.9. The summed E-state index contributed by atoms with van der Waals surface area (Å²) in [5.74, 6) is 1.12. The van der Waals surface area contributed by atoms with Gasteiger partial charge in [0, 0.05) is 37.5 Å². The lowest BCUT2D eigenvalue weighted by atomic mass is 10.1. The highest BCUT2D eigenvalue weighted by molar-refractivity contribution is 5.82. The number of benzene rings is 1. The van der Waals surface area contributed by atoms with Crippen molar-refractivity contribution in [1.82, 2.24) is 9.88 Å². The van der Waals surface area contributed by atoms with Crippen LogP contribution in [0.5, 0.6) is 0 Å². The normalized spacial score (nSPS) is 15.7. The molecule has 1 saturated heterocycles. The van der Waals surface area contributed by atoms with Gasteiger partial charge in [0.15, 0.2) is 0 Å². The molecule has 0 spiro atoms. The van der Waals surface area contributed by atoms with Gasteiger partial charge in [-0.25, -0.2) is 4.98 Å². The van der Waals surface area contributed by atoms with Gasteiger partial charge in [-0.3, -0.25) is 4.79 Å². The third kappa shape index (κ3) is 2.46. The summed E-state index contributed by atoms with van der Waals surface area (Å²) in [5, 5.41) is 4.26. The van der Waals surface area contributed by atoms with E-state index in [0.717, 1.165) is 41.7 Å². The Morgan fingerprint density at radius 1 is 1.30 bits per heavy atom. The van der Waals surface area contributed by atoms with Crippen molar-refractivity contribution in [1.29, 1.82) is 0 Å². The Morgan fingerprint density at radius 2 is 2.15 bits per heavy atom. The van der Waals surface area contributed by atoms with Gasteiger partial charge >= 0.3 is 0 Å². The molecule has 0 bridgehead atoms. The summed E-state index contributed by atoms with van der Waals surface area (Å²) in [6.07, 6.45) is 2.79. The van der Waals surface area contributed by atoms with Crippen molar-refractivity contribution >= 4 is 22.6 Å². The number of aromatic nitrogens is 1. The molecule has 0 atom stereocenters. The average Bonchev–Trinajstić information content (AvgIpc) is 2.49. The first-order chi connectivity index (χ1) is 9.78. The van der Waals surface area contributed by atoms with Gasteiger partial charge in [0.2, 0.25) is 5.91 Å². The molecule has 1 aromatic carbocycles. The van der Waals surface area contributed by atoms with Crippen molar-refractivity contribution in [3.63, 3.8) is 0 Å². The number of pyridine rings is 1. The van der Waals surface area contributed by atoms with Crippen LogP contribution >= 0.6 is 0 Å². The van der Waals surface area contributed by atoms with Gasteiger partial charge in [-0.1, -0.05) is 18.2 Å². The van der Waals surface area contributed by atoms with Crippen LogP contribution in [-0.2, 0) is 11.3 Å². The molecule has 1 aliphatic heterocycles.